The number of allylic oxidation sites excluding steroid dienone is 5. The van der Waals surface area contributed by atoms with Crippen LogP contribution in [0.5, 0.6) is 0 Å². The molecule has 34 rings (SSSR count). The fraction of sp³-hybridized carbons (Fsp3) is 0.259. The highest BCUT2D eigenvalue weighted by molar-refractivity contribution is 5.99. The Kier molecular flexibility index (Phi) is 18.6. The second-order valence-corrected chi connectivity index (χ2v) is 45.0. The molecular formula is C135H117N3. The van der Waals surface area contributed by atoms with Crippen LogP contribution in [0, 0.1) is 76.9 Å². The van der Waals surface area contributed by atoms with E-state index in [4.69, 9.17) is 0 Å². The van der Waals surface area contributed by atoms with Crippen LogP contribution < -0.4 is 14.7 Å². The molecule has 12 bridgehead atoms. The summed E-state index contributed by atoms with van der Waals surface area (Å²) in [5, 5.41) is 2.57. The summed E-state index contributed by atoms with van der Waals surface area (Å²) >= 11 is 0. The lowest BCUT2D eigenvalue weighted by atomic mass is 9.43. The standard InChI is InChI=1S/C48H41N.C44H37N.C43H39N/c1-2-9-39(10-3-1)49(40-19-16-33(17-20-40)35-18-22-43-36(29-35)15-14-34-8-4-5-11-42(34)43)41-21-23-45-44-12-6-7-13-46(44)48(47(45)30-41)37-25-31-24-32(27-37)28-38(48)26-31;1-2-13-35(14-3-1)45(36-15-8-12-32(27-36)39-18-9-11-31-10-4-5-16-38(31)39)37-20-21-41-40-17-6-7-19-42(40)44(43(41)28-37)33-23-29-22-30(25-33)26-34(44)24-29;1-42(2)38-14-8-6-13-35(38)37-25-32(17-19-39(37)42)44(31-10-4-3-5-11-31)33-16-18-36-34-12-7-9-15-40(34)43(41(36)26-33)29-21-27-20-28(23-29)24-30(43)22-27/h1-23,30-32,36-38H,24-29H2;1-21,27-30,33-34H,22-26H2;3-19,25-30H,20-24H2,1-2H3. The average molecular weight is 1780 g/mol. The molecule has 16 aromatic rings. The monoisotopic (exact) mass is 1780 g/mol. The fourth-order valence-corrected chi connectivity index (χ4v) is 33.4. The molecule has 3 heteroatoms. The van der Waals surface area contributed by atoms with Crippen LogP contribution in [-0.4, -0.2) is 0 Å². The Morgan fingerprint density at radius 1 is 0.225 bits per heavy atom. The van der Waals surface area contributed by atoms with Gasteiger partial charge in [0.15, 0.2) is 0 Å². The minimum atomic E-state index is 0.00717. The Hall–Kier alpha value is -13.6. The summed E-state index contributed by atoms with van der Waals surface area (Å²) in [5.74, 6) is 10.7. The molecule has 16 aromatic carbocycles. The molecule has 672 valence electrons. The van der Waals surface area contributed by atoms with Gasteiger partial charge >= 0.3 is 0 Å². The predicted molar refractivity (Wildman–Crippen MR) is 573 cm³/mol. The molecule has 0 aromatic heterocycles. The summed E-state index contributed by atoms with van der Waals surface area (Å²) < 4.78 is 0. The van der Waals surface area contributed by atoms with Crippen LogP contribution in [0.2, 0.25) is 0 Å². The van der Waals surface area contributed by atoms with E-state index in [0.717, 1.165) is 77.4 Å². The summed E-state index contributed by atoms with van der Waals surface area (Å²) in [6.45, 7) is 4.74. The first-order valence-corrected chi connectivity index (χ1v) is 52.4. The first kappa shape index (κ1) is 81.6. The van der Waals surface area contributed by atoms with Gasteiger partial charge in [-0.25, -0.2) is 0 Å². The third-order valence-electron chi connectivity index (χ3n) is 38.0. The van der Waals surface area contributed by atoms with Crippen LogP contribution in [0.4, 0.5) is 51.2 Å². The largest absolute Gasteiger partial charge is 0.310 e. The lowest BCUT2D eigenvalue weighted by Crippen LogP contribution is -2.55. The van der Waals surface area contributed by atoms with Crippen molar-refractivity contribution in [2.75, 3.05) is 14.7 Å². The first-order valence-electron chi connectivity index (χ1n) is 52.4. The van der Waals surface area contributed by atoms with Crippen molar-refractivity contribution >= 4 is 79.2 Å². The summed E-state index contributed by atoms with van der Waals surface area (Å²) in [7, 11) is 0. The van der Waals surface area contributed by atoms with E-state index < -0.39 is 0 Å². The van der Waals surface area contributed by atoms with Gasteiger partial charge in [-0.2, -0.15) is 0 Å². The van der Waals surface area contributed by atoms with Gasteiger partial charge in [-0.1, -0.05) is 305 Å². The van der Waals surface area contributed by atoms with Gasteiger partial charge in [-0.3, -0.25) is 0 Å². The molecular weight excluding hydrogens is 1660 g/mol. The normalized spacial score (nSPS) is 27.0. The summed E-state index contributed by atoms with van der Waals surface area (Å²) in [6, 6.07) is 143. The highest BCUT2D eigenvalue weighted by Gasteiger charge is 2.65. The van der Waals surface area contributed by atoms with Gasteiger partial charge in [0.25, 0.3) is 0 Å². The zero-order chi connectivity index (χ0) is 90.9. The number of anilines is 9. The minimum Gasteiger partial charge on any atom is -0.310 e. The molecule has 0 amide bonds. The number of para-hydroxylation sites is 3. The molecule has 3 nitrogen and oxygen atoms in total. The van der Waals surface area contributed by atoms with E-state index in [-0.39, 0.29) is 21.7 Å². The van der Waals surface area contributed by atoms with E-state index in [9.17, 15) is 0 Å². The number of hydrogen-bond acceptors (Lipinski definition) is 3. The van der Waals surface area contributed by atoms with Crippen LogP contribution in [0.15, 0.2) is 394 Å². The van der Waals surface area contributed by atoms with Crippen molar-refractivity contribution in [2.24, 2.45) is 76.9 Å². The van der Waals surface area contributed by atoms with Gasteiger partial charge in [0.2, 0.25) is 0 Å². The van der Waals surface area contributed by atoms with E-state index in [1.165, 1.54) is 253 Å². The van der Waals surface area contributed by atoms with Crippen LogP contribution in [-0.2, 0) is 21.7 Å². The number of rotatable bonds is 11. The van der Waals surface area contributed by atoms with E-state index in [0.29, 0.717) is 5.92 Å². The molecule has 1 atom stereocenters. The van der Waals surface area contributed by atoms with Crippen molar-refractivity contribution in [2.45, 2.75) is 138 Å². The molecule has 18 aliphatic carbocycles. The Morgan fingerprint density at radius 3 is 1.04 bits per heavy atom. The minimum absolute atomic E-state index is 0.00717. The lowest BCUT2D eigenvalue weighted by molar-refractivity contribution is -0.0399. The topological polar surface area (TPSA) is 9.72 Å². The molecule has 0 saturated heterocycles. The van der Waals surface area contributed by atoms with Crippen molar-refractivity contribution in [3.05, 3.63) is 456 Å². The molecule has 1 unspecified atom stereocenters. The summed E-state index contributed by atoms with van der Waals surface area (Å²) in [6.07, 6.45) is 31.8. The number of nitrogens with zero attached hydrogens (tertiary/aromatic N) is 3. The molecule has 138 heavy (non-hydrogen) atoms. The SMILES string of the molecule is C1=CC2CC(c3ccc(N(c4ccccc4)c4ccc5c(c4)C4(c6ccccc6-5)C5CC6CC(C5)CC4C6)cc3)=CC=C2c2ccccc21.CC1(C)c2ccccc2-c2cc(N(c3ccccc3)c3ccc4c(c3)C3(c5ccccc5-4)C4CC5CC(C4)CC3C5)ccc21.c1ccc(N(c2cccc(-c3cccc4ccccc34)c2)c2ccc3c(c2)C2(c4ccccc4-3)C3CC4CC(C3)CC2C4)cc1. The summed E-state index contributed by atoms with van der Waals surface area (Å²) in [5.41, 5.74) is 45.2. The highest BCUT2D eigenvalue weighted by atomic mass is 15.2. The Morgan fingerprint density at radius 2 is 0.558 bits per heavy atom. The third kappa shape index (κ3) is 12.2. The van der Waals surface area contributed by atoms with Gasteiger partial charge in [-0.15, -0.1) is 0 Å². The maximum Gasteiger partial charge on any atom is 0.0468 e. The maximum atomic E-state index is 2.62. The van der Waals surface area contributed by atoms with Crippen molar-refractivity contribution in [1.29, 1.82) is 0 Å². The second kappa shape index (κ2) is 31.5. The van der Waals surface area contributed by atoms with Crippen LogP contribution in [0.3, 0.4) is 0 Å². The number of benzene rings is 16. The highest BCUT2D eigenvalue weighted by Crippen LogP contribution is 2.74. The Bertz CT molecular complexity index is 7620. The Labute approximate surface area is 814 Å². The molecule has 18 aliphatic rings. The first-order chi connectivity index (χ1) is 68.0. The second-order valence-electron chi connectivity index (χ2n) is 45.0. The van der Waals surface area contributed by atoms with E-state index in [1.54, 1.807) is 33.4 Å². The van der Waals surface area contributed by atoms with Crippen LogP contribution in [0.25, 0.3) is 83.6 Å². The molecule has 12 fully saturated rings. The smallest absolute Gasteiger partial charge is 0.0468 e. The Balaban J connectivity index is 0.000000100. The third-order valence-corrected chi connectivity index (χ3v) is 38.0. The average Bonchev–Trinajstić information content (AvgIpc) is 1.51. The summed E-state index contributed by atoms with van der Waals surface area (Å²) in [4.78, 5) is 7.49. The van der Waals surface area contributed by atoms with Crippen LogP contribution >= 0.6 is 0 Å². The van der Waals surface area contributed by atoms with Crippen molar-refractivity contribution in [1.82, 2.24) is 0 Å². The van der Waals surface area contributed by atoms with Crippen molar-refractivity contribution < 1.29 is 0 Å². The van der Waals surface area contributed by atoms with Gasteiger partial charge < -0.3 is 14.7 Å². The molecule has 0 N–H and O–H groups in total. The molecule has 0 aliphatic heterocycles. The van der Waals surface area contributed by atoms with Gasteiger partial charge in [0.1, 0.15) is 0 Å². The van der Waals surface area contributed by atoms with Crippen molar-refractivity contribution in [3.63, 3.8) is 0 Å². The fourth-order valence-electron chi connectivity index (χ4n) is 33.4. The number of fused-ring (bicyclic) bond motifs is 16. The quantitative estimate of drug-likeness (QED) is 0.128. The lowest BCUT2D eigenvalue weighted by Gasteiger charge is -2.61. The zero-order valence-electron chi connectivity index (χ0n) is 79.3. The molecule has 12 saturated carbocycles. The molecule has 0 radical (unpaired) electrons. The van der Waals surface area contributed by atoms with Crippen LogP contribution in [0.1, 0.15) is 178 Å². The van der Waals surface area contributed by atoms with Crippen molar-refractivity contribution in [3.8, 4) is 55.6 Å². The van der Waals surface area contributed by atoms with E-state index >= 15 is 0 Å². The molecule has 0 heterocycles. The van der Waals surface area contributed by atoms with Gasteiger partial charge in [0, 0.05) is 78.8 Å². The number of hydrogen-bond donors (Lipinski definition) is 0. The molecule has 3 spiro atoms. The van der Waals surface area contributed by atoms with E-state index in [1.807, 2.05) is 0 Å². The van der Waals surface area contributed by atoms with Gasteiger partial charge in [-0.05, 0) is 422 Å². The van der Waals surface area contributed by atoms with E-state index in [2.05, 4.69) is 429 Å². The maximum absolute atomic E-state index is 2.62. The van der Waals surface area contributed by atoms with Gasteiger partial charge in [0.05, 0.1) is 0 Å². The zero-order valence-corrected chi connectivity index (χ0v) is 79.3. The predicted octanol–water partition coefficient (Wildman–Crippen LogP) is 35.3.